The molecular formula is C31H22N2O4. The summed E-state index contributed by atoms with van der Waals surface area (Å²) in [5.74, 6) is 0.285. The maximum atomic E-state index is 12.8. The molecule has 6 heteroatoms. The number of fused-ring (bicyclic) bond motifs is 2. The van der Waals surface area contributed by atoms with Crippen molar-refractivity contribution in [3.05, 3.63) is 118 Å². The Kier molecular flexibility index (Phi) is 5.42. The molecule has 0 spiro atoms. The maximum absolute atomic E-state index is 12.8. The molecule has 0 saturated carbocycles. The Morgan fingerprint density at radius 1 is 0.811 bits per heavy atom. The number of nitrogens with one attached hydrogen (secondary N) is 1. The van der Waals surface area contributed by atoms with Crippen LogP contribution in [0.4, 0.5) is 5.69 Å². The summed E-state index contributed by atoms with van der Waals surface area (Å²) in [6, 6.07) is 27.5. The second kappa shape index (κ2) is 8.91. The Morgan fingerprint density at radius 2 is 1.54 bits per heavy atom. The van der Waals surface area contributed by atoms with E-state index < -0.39 is 5.63 Å². The van der Waals surface area contributed by atoms with Gasteiger partial charge in [-0.1, -0.05) is 36.4 Å². The van der Waals surface area contributed by atoms with Crippen molar-refractivity contribution >= 4 is 33.7 Å². The summed E-state index contributed by atoms with van der Waals surface area (Å²) in [4.78, 5) is 29.9. The first-order valence-corrected chi connectivity index (χ1v) is 11.9. The van der Waals surface area contributed by atoms with Crippen molar-refractivity contribution in [1.82, 2.24) is 4.98 Å². The van der Waals surface area contributed by atoms with E-state index in [0.717, 1.165) is 33.2 Å². The smallest absolute Gasteiger partial charge is 0.344 e. The zero-order valence-corrected chi connectivity index (χ0v) is 20.2. The van der Waals surface area contributed by atoms with E-state index in [-0.39, 0.29) is 5.91 Å². The van der Waals surface area contributed by atoms with Gasteiger partial charge < -0.3 is 14.2 Å². The van der Waals surface area contributed by atoms with Crippen LogP contribution in [0.2, 0.25) is 0 Å². The molecule has 6 rings (SSSR count). The molecule has 0 fully saturated rings. The van der Waals surface area contributed by atoms with Gasteiger partial charge in [-0.2, -0.15) is 0 Å². The van der Waals surface area contributed by atoms with E-state index in [2.05, 4.69) is 16.4 Å². The second-order valence-corrected chi connectivity index (χ2v) is 9.04. The largest absolute Gasteiger partial charge is 0.436 e. The van der Waals surface area contributed by atoms with Gasteiger partial charge in [-0.05, 0) is 85.1 Å². The van der Waals surface area contributed by atoms with Gasteiger partial charge in [0.2, 0.25) is 5.89 Å². The van der Waals surface area contributed by atoms with Crippen molar-refractivity contribution in [2.75, 3.05) is 5.32 Å². The highest BCUT2D eigenvalue weighted by atomic mass is 16.4. The Morgan fingerprint density at radius 3 is 2.32 bits per heavy atom. The molecule has 2 aromatic heterocycles. The minimum absolute atomic E-state index is 0.252. The third-order valence-corrected chi connectivity index (χ3v) is 6.31. The number of anilines is 1. The topological polar surface area (TPSA) is 85.3 Å². The predicted octanol–water partition coefficient (Wildman–Crippen LogP) is 7.14. The number of carbonyl (C=O) groups is 1. The number of para-hydroxylation sites is 1. The Balaban J connectivity index is 1.19. The lowest BCUT2D eigenvalue weighted by Gasteiger charge is -2.07. The van der Waals surface area contributed by atoms with E-state index in [9.17, 15) is 9.59 Å². The first-order chi connectivity index (χ1) is 17.9. The summed E-state index contributed by atoms with van der Waals surface area (Å²) in [6.07, 6.45) is 0. The molecule has 6 aromatic rings. The molecule has 1 amide bonds. The van der Waals surface area contributed by atoms with Crippen LogP contribution in [0.3, 0.4) is 0 Å². The van der Waals surface area contributed by atoms with E-state index in [1.54, 1.807) is 36.4 Å². The molecule has 37 heavy (non-hydrogen) atoms. The van der Waals surface area contributed by atoms with Gasteiger partial charge in [-0.25, -0.2) is 9.78 Å². The highest BCUT2D eigenvalue weighted by Gasteiger charge is 2.13. The first-order valence-electron chi connectivity index (χ1n) is 11.9. The van der Waals surface area contributed by atoms with Gasteiger partial charge in [0.15, 0.2) is 5.58 Å². The molecule has 2 heterocycles. The molecular weight excluding hydrogens is 464 g/mol. The van der Waals surface area contributed by atoms with Crippen LogP contribution in [0, 0.1) is 13.8 Å². The van der Waals surface area contributed by atoms with Crippen LogP contribution in [0.25, 0.3) is 44.7 Å². The third-order valence-electron chi connectivity index (χ3n) is 6.31. The molecule has 180 valence electrons. The number of nitrogens with zero attached hydrogens (tertiary/aromatic N) is 1. The lowest BCUT2D eigenvalue weighted by molar-refractivity contribution is 0.102. The number of carbonyl (C=O) groups excluding carboxylic acids is 1. The van der Waals surface area contributed by atoms with Crippen LogP contribution in [-0.2, 0) is 0 Å². The van der Waals surface area contributed by atoms with Gasteiger partial charge >= 0.3 is 5.63 Å². The average Bonchev–Trinajstić information content (AvgIpc) is 3.33. The van der Waals surface area contributed by atoms with Crippen LogP contribution in [0.15, 0.2) is 105 Å². The van der Waals surface area contributed by atoms with Crippen molar-refractivity contribution < 1.29 is 13.6 Å². The van der Waals surface area contributed by atoms with E-state index in [4.69, 9.17) is 8.83 Å². The number of oxazole rings is 1. The normalized spacial score (nSPS) is 11.2. The fraction of sp³-hybridized carbons (Fsp3) is 0.0645. The Bertz CT molecular complexity index is 1850. The van der Waals surface area contributed by atoms with Crippen LogP contribution >= 0.6 is 0 Å². The van der Waals surface area contributed by atoms with Crippen LogP contribution in [-0.4, -0.2) is 10.9 Å². The van der Waals surface area contributed by atoms with Crippen molar-refractivity contribution in [2.45, 2.75) is 13.8 Å². The van der Waals surface area contributed by atoms with E-state index in [1.165, 1.54) is 0 Å². The van der Waals surface area contributed by atoms with E-state index in [1.807, 2.05) is 62.4 Å². The fourth-order valence-corrected chi connectivity index (χ4v) is 4.46. The summed E-state index contributed by atoms with van der Waals surface area (Å²) in [6.45, 7) is 4.04. The minimum Gasteiger partial charge on any atom is -0.436 e. The molecule has 6 nitrogen and oxygen atoms in total. The van der Waals surface area contributed by atoms with Gasteiger partial charge in [0, 0.05) is 22.2 Å². The quantitative estimate of drug-likeness (QED) is 0.268. The van der Waals surface area contributed by atoms with Crippen LogP contribution in [0.5, 0.6) is 0 Å². The number of benzene rings is 4. The van der Waals surface area contributed by atoms with Gasteiger partial charge in [-0.15, -0.1) is 0 Å². The summed E-state index contributed by atoms with van der Waals surface area (Å²) in [5.41, 5.74) is 7.00. The zero-order valence-electron chi connectivity index (χ0n) is 20.2. The molecule has 0 aliphatic carbocycles. The third kappa shape index (κ3) is 4.29. The monoisotopic (exact) mass is 486 g/mol. The molecule has 0 bridgehead atoms. The summed E-state index contributed by atoms with van der Waals surface area (Å²) in [5, 5.41) is 3.74. The van der Waals surface area contributed by atoms with Gasteiger partial charge in [0.1, 0.15) is 11.1 Å². The highest BCUT2D eigenvalue weighted by Crippen LogP contribution is 2.28. The molecule has 0 aliphatic heterocycles. The standard InChI is InChI=1S/C31H22N2O4/c1-18-15-19(2)28-26(16-18)33-30(37-28)22-11-13-24(14-12-22)32-29(34)21-9-7-20(8-10-21)25-17-23-5-3-4-6-27(23)36-31(25)35/h3-17H,1-2H3,(H,32,34). The van der Waals surface area contributed by atoms with Crippen molar-refractivity contribution in [3.63, 3.8) is 0 Å². The summed E-state index contributed by atoms with van der Waals surface area (Å²) in [7, 11) is 0. The lowest BCUT2D eigenvalue weighted by Crippen LogP contribution is -2.11. The number of hydrogen-bond acceptors (Lipinski definition) is 5. The molecule has 0 radical (unpaired) electrons. The number of rotatable bonds is 4. The van der Waals surface area contributed by atoms with Gasteiger partial charge in [-0.3, -0.25) is 4.79 Å². The second-order valence-electron chi connectivity index (χ2n) is 9.04. The number of hydrogen-bond donors (Lipinski definition) is 1. The molecule has 0 atom stereocenters. The van der Waals surface area contributed by atoms with E-state index >= 15 is 0 Å². The molecule has 1 N–H and O–H groups in total. The van der Waals surface area contributed by atoms with Crippen LogP contribution < -0.4 is 10.9 Å². The molecule has 4 aromatic carbocycles. The summed E-state index contributed by atoms with van der Waals surface area (Å²) >= 11 is 0. The van der Waals surface area contributed by atoms with Gasteiger partial charge in [0.05, 0.1) is 5.56 Å². The molecule has 0 saturated heterocycles. The number of aryl methyl sites for hydroxylation is 2. The molecule has 0 aliphatic rings. The Hall–Kier alpha value is -4.97. The maximum Gasteiger partial charge on any atom is 0.344 e. The Labute approximate surface area is 212 Å². The SMILES string of the molecule is Cc1cc(C)c2oc(-c3ccc(NC(=O)c4ccc(-c5cc6ccccc6oc5=O)cc4)cc3)nc2c1. The minimum atomic E-state index is -0.416. The lowest BCUT2D eigenvalue weighted by atomic mass is 10.0. The van der Waals surface area contributed by atoms with Crippen molar-refractivity contribution in [1.29, 1.82) is 0 Å². The van der Waals surface area contributed by atoms with Crippen molar-refractivity contribution in [3.8, 4) is 22.6 Å². The van der Waals surface area contributed by atoms with Gasteiger partial charge in [0.25, 0.3) is 5.91 Å². The van der Waals surface area contributed by atoms with E-state index in [0.29, 0.717) is 33.9 Å². The number of amides is 1. The predicted molar refractivity (Wildman–Crippen MR) is 145 cm³/mol. The highest BCUT2D eigenvalue weighted by molar-refractivity contribution is 6.04. The fourth-order valence-electron chi connectivity index (χ4n) is 4.46. The first kappa shape index (κ1) is 22.5. The number of aromatic nitrogens is 1. The average molecular weight is 487 g/mol. The summed E-state index contributed by atoms with van der Waals surface area (Å²) < 4.78 is 11.4. The zero-order chi connectivity index (χ0) is 25.5. The molecule has 0 unspecified atom stereocenters. The van der Waals surface area contributed by atoms with Crippen molar-refractivity contribution in [2.24, 2.45) is 0 Å². The van der Waals surface area contributed by atoms with Crippen LogP contribution in [0.1, 0.15) is 21.5 Å².